The molecule has 0 atom stereocenters. The number of hydrogen-bond donors (Lipinski definition) is 0. The Morgan fingerprint density at radius 2 is 1.57 bits per heavy atom. The van der Waals surface area contributed by atoms with Gasteiger partial charge in [0.1, 0.15) is 3.39 Å². The molecule has 0 rings (SSSR count). The Bertz CT molecular complexity index is 249. The average molecular weight is 652 g/mol. The van der Waals surface area contributed by atoms with Gasteiger partial charge in [0, 0.05) is 0 Å². The molecule has 0 aromatic rings. The first-order valence-corrected chi connectivity index (χ1v) is 8.58. The maximum absolute atomic E-state index is 11.3. The quantitative estimate of drug-likeness (QED) is 0.226. The van der Waals surface area contributed by atoms with Crippen LogP contribution < -0.4 is 0 Å². The lowest BCUT2D eigenvalue weighted by atomic mass is 10.6. The van der Waals surface area contributed by atoms with Crippen molar-refractivity contribution in [2.75, 3.05) is 0 Å². The predicted molar refractivity (Wildman–Crippen MR) is 82.1 cm³/mol. The molecule has 0 spiro atoms. The van der Waals surface area contributed by atoms with Crippen LogP contribution in [-0.2, 0) is 9.53 Å². The Morgan fingerprint density at radius 3 is 1.79 bits per heavy atom. The summed E-state index contributed by atoms with van der Waals surface area (Å²) in [5, 5.41) is 0. The van der Waals surface area contributed by atoms with E-state index in [-0.39, 0.29) is 0 Å². The van der Waals surface area contributed by atoms with Gasteiger partial charge in [-0.1, -0.05) is 79.6 Å². The maximum Gasteiger partial charge on any atom is 0.335 e. The van der Waals surface area contributed by atoms with Crippen LogP contribution in [0.3, 0.4) is 0 Å². The number of hydrogen-bond acceptors (Lipinski definition) is 2. The zero-order valence-electron chi connectivity index (χ0n) is 6.04. The molecular weight excluding hydrogens is 651 g/mol. The molecule has 0 aliphatic rings. The van der Waals surface area contributed by atoms with E-state index in [1.54, 1.807) is 0 Å². The summed E-state index contributed by atoms with van der Waals surface area (Å²) in [6, 6.07) is 0. The molecule has 0 aliphatic carbocycles. The van der Waals surface area contributed by atoms with Crippen LogP contribution in [0.5, 0.6) is 0 Å². The molecule has 2 nitrogen and oxygen atoms in total. The summed E-state index contributed by atoms with van der Waals surface area (Å²) in [5.41, 5.74) is 0. The Labute approximate surface area is 140 Å². The molecular formula is C5HBr7O2. The maximum atomic E-state index is 11.3. The molecule has 14 heavy (non-hydrogen) atoms. The second-order valence-corrected chi connectivity index (χ2v) is 14.3. The van der Waals surface area contributed by atoms with Gasteiger partial charge in [0.05, 0.1) is 0 Å². The predicted octanol–water partition coefficient (Wildman–Crippen LogP) is 5.44. The lowest BCUT2D eigenvalue weighted by Gasteiger charge is -2.17. The first-order chi connectivity index (χ1) is 6.16. The third-order valence-corrected chi connectivity index (χ3v) is 3.36. The zero-order valence-corrected chi connectivity index (χ0v) is 17.1. The average Bonchev–Trinajstić information content (AvgIpc) is 1.96. The smallest absolute Gasteiger partial charge is 0.335 e. The molecule has 0 saturated carbocycles. The van der Waals surface area contributed by atoms with Crippen LogP contribution in [0.4, 0.5) is 0 Å². The van der Waals surface area contributed by atoms with Gasteiger partial charge >= 0.3 is 5.97 Å². The van der Waals surface area contributed by atoms with Crippen molar-refractivity contribution in [2.45, 2.75) is 5.88 Å². The van der Waals surface area contributed by atoms with E-state index in [0.717, 1.165) is 0 Å². The van der Waals surface area contributed by atoms with Crippen LogP contribution in [-0.4, -0.2) is 11.8 Å². The number of carbonyl (C=O) groups is 1. The third kappa shape index (κ3) is 6.34. The van der Waals surface area contributed by atoms with Gasteiger partial charge < -0.3 is 4.74 Å². The first-order valence-electron chi connectivity index (χ1n) is 2.78. The van der Waals surface area contributed by atoms with Gasteiger partial charge in [-0.2, -0.15) is 0 Å². The van der Waals surface area contributed by atoms with Crippen molar-refractivity contribution in [1.29, 1.82) is 0 Å². The molecule has 82 valence electrons. The van der Waals surface area contributed by atoms with E-state index >= 15 is 0 Å². The minimum absolute atomic E-state index is 0.311. The molecule has 0 aliphatic heterocycles. The fourth-order valence-corrected chi connectivity index (χ4v) is 3.73. The summed E-state index contributed by atoms with van der Waals surface area (Å²) in [6.45, 7) is 0. The molecule has 0 heterocycles. The van der Waals surface area contributed by atoms with E-state index in [2.05, 4.69) is 112 Å². The number of allylic oxidation sites excluding steroid dienone is 1. The molecule has 0 radical (unpaired) electrons. The van der Waals surface area contributed by atoms with Gasteiger partial charge in [-0.25, -0.2) is 4.79 Å². The highest BCUT2D eigenvalue weighted by Gasteiger charge is 2.31. The van der Waals surface area contributed by atoms with Crippen LogP contribution in [0.2, 0.25) is 0 Å². The van der Waals surface area contributed by atoms with E-state index in [1.807, 2.05) is 0 Å². The van der Waals surface area contributed by atoms with Gasteiger partial charge in [0.2, 0.25) is 0 Å². The minimum atomic E-state index is -0.806. The molecule has 0 unspecified atom stereocenters. The number of ether oxygens (including phenoxy) is 1. The molecule has 0 fully saturated rings. The Balaban J connectivity index is 4.77. The monoisotopic (exact) mass is 645 g/mol. The summed E-state index contributed by atoms with van der Waals surface area (Å²) in [4.78, 5) is 11.3. The van der Waals surface area contributed by atoms with Crippen LogP contribution in [0.1, 0.15) is 0 Å². The van der Waals surface area contributed by atoms with Crippen LogP contribution in [0, 0.1) is 0 Å². The Hall–Kier alpha value is 2.57. The lowest BCUT2D eigenvalue weighted by Crippen LogP contribution is -2.18. The SMILES string of the molecule is O=C(OC(=C(Br)Br)C(Br)(Br)Br)C(Br)Br. The van der Waals surface area contributed by atoms with Crippen LogP contribution in [0.15, 0.2) is 9.15 Å². The van der Waals surface area contributed by atoms with E-state index in [1.165, 1.54) is 0 Å². The lowest BCUT2D eigenvalue weighted by molar-refractivity contribution is -0.136. The third-order valence-electron chi connectivity index (χ3n) is 0.810. The molecule has 0 amide bonds. The van der Waals surface area contributed by atoms with Gasteiger partial charge in [0.25, 0.3) is 0 Å². The fraction of sp³-hybridized carbons (Fsp3) is 0.400. The summed E-state index contributed by atoms with van der Waals surface area (Å²) in [5.74, 6) is -0.162. The van der Waals surface area contributed by atoms with Gasteiger partial charge in [-0.05, 0) is 31.9 Å². The van der Waals surface area contributed by atoms with E-state index in [9.17, 15) is 4.79 Å². The Kier molecular flexibility index (Phi) is 8.41. The second kappa shape index (κ2) is 7.10. The van der Waals surface area contributed by atoms with Crippen molar-refractivity contribution in [2.24, 2.45) is 0 Å². The van der Waals surface area contributed by atoms with Crippen LogP contribution >= 0.6 is 112 Å². The number of rotatable bonds is 2. The fourth-order valence-electron chi connectivity index (χ4n) is 0.349. The van der Waals surface area contributed by atoms with Crippen molar-refractivity contribution in [1.82, 2.24) is 0 Å². The summed E-state index contributed by atoms with van der Waals surface area (Å²) in [7, 11) is 0. The first kappa shape index (κ1) is 16.6. The number of alkyl halides is 5. The number of carbonyl (C=O) groups excluding carboxylic acids is 1. The van der Waals surface area contributed by atoms with E-state index in [0.29, 0.717) is 9.15 Å². The highest BCUT2D eigenvalue weighted by molar-refractivity contribution is 9.39. The van der Waals surface area contributed by atoms with E-state index in [4.69, 9.17) is 4.74 Å². The van der Waals surface area contributed by atoms with Crippen LogP contribution in [0.25, 0.3) is 0 Å². The topological polar surface area (TPSA) is 26.3 Å². The largest absolute Gasteiger partial charge is 0.424 e. The highest BCUT2D eigenvalue weighted by atomic mass is 80.0. The summed E-state index contributed by atoms with van der Waals surface area (Å²) >= 11 is 22.1. The standard InChI is InChI=1S/C5HBr7O2/c6-2(7)1(5(10,11)12)14-4(13)3(8)9/h3H. The molecule has 9 heteroatoms. The molecule has 0 aromatic heterocycles. The second-order valence-electron chi connectivity index (χ2n) is 1.81. The molecule has 0 bridgehead atoms. The van der Waals surface area contributed by atoms with Gasteiger partial charge in [-0.15, -0.1) is 0 Å². The van der Waals surface area contributed by atoms with Crippen molar-refractivity contribution in [3.05, 3.63) is 9.15 Å². The highest BCUT2D eigenvalue weighted by Crippen LogP contribution is 2.45. The molecule has 0 N–H and O–H groups in total. The van der Waals surface area contributed by atoms with Crippen molar-refractivity contribution >= 4 is 117 Å². The minimum Gasteiger partial charge on any atom is -0.424 e. The number of halogens is 7. The van der Waals surface area contributed by atoms with Crippen molar-refractivity contribution in [3.8, 4) is 0 Å². The molecule has 0 saturated heterocycles. The summed E-state index contributed by atoms with van der Waals surface area (Å²) in [6.07, 6.45) is 0. The van der Waals surface area contributed by atoms with E-state index < -0.39 is 11.8 Å². The normalized spacial score (nSPS) is 11.4. The Morgan fingerprint density at radius 1 is 1.14 bits per heavy atom. The zero-order chi connectivity index (χ0) is 11.5. The van der Waals surface area contributed by atoms with Crippen molar-refractivity contribution < 1.29 is 9.53 Å². The summed E-state index contributed by atoms with van der Waals surface area (Å²) < 4.78 is 4.19. The number of esters is 1. The van der Waals surface area contributed by atoms with Crippen molar-refractivity contribution in [3.63, 3.8) is 0 Å². The van der Waals surface area contributed by atoms with Gasteiger partial charge in [-0.3, -0.25) is 0 Å². The molecule has 0 aromatic carbocycles. The van der Waals surface area contributed by atoms with Gasteiger partial charge in [0.15, 0.2) is 11.6 Å².